The van der Waals surface area contributed by atoms with Crippen molar-refractivity contribution in [1.82, 2.24) is 9.21 Å². The van der Waals surface area contributed by atoms with Crippen LogP contribution in [-0.2, 0) is 14.8 Å². The maximum atomic E-state index is 12.8. The van der Waals surface area contributed by atoms with Crippen molar-refractivity contribution in [1.29, 1.82) is 0 Å². The number of hydrogen-bond acceptors (Lipinski definition) is 3. The van der Waals surface area contributed by atoms with Crippen LogP contribution < -0.4 is 0 Å². The molecule has 150 valence electrons. The Hall–Kier alpha value is -1.40. The molecule has 2 aliphatic rings. The van der Waals surface area contributed by atoms with Crippen LogP contribution >= 0.6 is 0 Å². The van der Waals surface area contributed by atoms with Gasteiger partial charge in [0.15, 0.2) is 0 Å². The second kappa shape index (κ2) is 8.74. The smallest absolute Gasteiger partial charge is 0.243 e. The molecule has 27 heavy (non-hydrogen) atoms. The van der Waals surface area contributed by atoms with Gasteiger partial charge in [0.25, 0.3) is 0 Å². The normalized spacial score (nSPS) is 20.5. The van der Waals surface area contributed by atoms with Gasteiger partial charge in [-0.15, -0.1) is 0 Å². The highest BCUT2D eigenvalue weighted by molar-refractivity contribution is 7.89. The Labute approximate surface area is 163 Å². The molecule has 0 aromatic heterocycles. The molecule has 1 amide bonds. The summed E-state index contributed by atoms with van der Waals surface area (Å²) >= 11 is 0. The largest absolute Gasteiger partial charge is 0.345 e. The van der Waals surface area contributed by atoms with E-state index in [1.54, 1.807) is 12.1 Å². The van der Waals surface area contributed by atoms with Gasteiger partial charge in [0.05, 0.1) is 4.90 Å². The van der Waals surface area contributed by atoms with Gasteiger partial charge in [0.1, 0.15) is 0 Å². The number of nitrogens with zero attached hydrogens (tertiary/aromatic N) is 2. The van der Waals surface area contributed by atoms with Crippen molar-refractivity contribution in [2.24, 2.45) is 11.8 Å². The molecule has 1 aliphatic heterocycles. The lowest BCUT2D eigenvalue weighted by atomic mass is 9.88. The second-order valence-electron chi connectivity index (χ2n) is 8.21. The molecule has 0 atom stereocenters. The van der Waals surface area contributed by atoms with Crippen molar-refractivity contribution in [2.75, 3.05) is 26.7 Å². The minimum absolute atomic E-state index is 0.0527. The zero-order valence-electron chi connectivity index (χ0n) is 16.6. The predicted molar refractivity (Wildman–Crippen MR) is 107 cm³/mol. The zero-order valence-corrected chi connectivity index (χ0v) is 17.4. The average molecular weight is 393 g/mol. The summed E-state index contributed by atoms with van der Waals surface area (Å²) in [5, 5.41) is 0. The summed E-state index contributed by atoms with van der Waals surface area (Å²) in [6.07, 6.45) is 7.56. The van der Waals surface area contributed by atoms with E-state index in [1.807, 2.05) is 31.0 Å². The van der Waals surface area contributed by atoms with Crippen LogP contribution in [0.15, 0.2) is 29.2 Å². The molecule has 3 rings (SSSR count). The third kappa shape index (κ3) is 4.91. The standard InChI is InChI=1S/C21H32N2O3S/c1-17-8-10-20(11-9-17)27(25,26)23-14-12-19(13-15-23)21(24)22(2)16-18-6-4-3-5-7-18/h8-11,18-19H,3-7,12-16H2,1-2H3. The summed E-state index contributed by atoms with van der Waals surface area (Å²) in [5.74, 6) is 0.769. The quantitative estimate of drug-likeness (QED) is 0.771. The molecule has 1 aliphatic carbocycles. The van der Waals surface area contributed by atoms with E-state index in [-0.39, 0.29) is 11.8 Å². The van der Waals surface area contributed by atoms with Gasteiger partial charge in [0.2, 0.25) is 15.9 Å². The maximum absolute atomic E-state index is 12.8. The van der Waals surface area contributed by atoms with E-state index in [1.165, 1.54) is 36.4 Å². The second-order valence-corrected chi connectivity index (χ2v) is 10.2. The summed E-state index contributed by atoms with van der Waals surface area (Å²) in [5.41, 5.74) is 1.04. The van der Waals surface area contributed by atoms with E-state index in [4.69, 9.17) is 0 Å². The number of aryl methyl sites for hydroxylation is 1. The van der Waals surface area contributed by atoms with Gasteiger partial charge in [-0.2, -0.15) is 4.31 Å². The third-order valence-electron chi connectivity index (χ3n) is 6.09. The lowest BCUT2D eigenvalue weighted by Crippen LogP contribution is -2.44. The van der Waals surface area contributed by atoms with Crippen LogP contribution in [0.25, 0.3) is 0 Å². The number of sulfonamides is 1. The highest BCUT2D eigenvalue weighted by atomic mass is 32.2. The van der Waals surface area contributed by atoms with Crippen LogP contribution in [0.1, 0.15) is 50.5 Å². The molecule has 5 nitrogen and oxygen atoms in total. The molecule has 0 radical (unpaired) electrons. The van der Waals surface area contributed by atoms with Gasteiger partial charge in [-0.05, 0) is 50.7 Å². The van der Waals surface area contributed by atoms with Gasteiger partial charge >= 0.3 is 0 Å². The number of rotatable bonds is 5. The fourth-order valence-corrected chi connectivity index (χ4v) is 5.83. The fraction of sp³-hybridized carbons (Fsp3) is 0.667. The fourth-order valence-electron chi connectivity index (χ4n) is 4.36. The highest BCUT2D eigenvalue weighted by Gasteiger charge is 2.33. The van der Waals surface area contributed by atoms with Crippen LogP contribution in [0.2, 0.25) is 0 Å². The Kier molecular flexibility index (Phi) is 6.58. The molecular weight excluding hydrogens is 360 g/mol. The Balaban J connectivity index is 1.54. The first kappa shape index (κ1) is 20.3. The minimum atomic E-state index is -3.46. The monoisotopic (exact) mass is 392 g/mol. The molecule has 0 N–H and O–H groups in total. The molecule has 1 heterocycles. The topological polar surface area (TPSA) is 57.7 Å². The van der Waals surface area contributed by atoms with Crippen LogP contribution in [0.5, 0.6) is 0 Å². The number of carbonyl (C=O) groups excluding carboxylic acids is 1. The van der Waals surface area contributed by atoms with Crippen LogP contribution in [0.4, 0.5) is 0 Å². The van der Waals surface area contributed by atoms with E-state index in [2.05, 4.69) is 0 Å². The molecule has 6 heteroatoms. The number of benzene rings is 1. The molecular formula is C21H32N2O3S. The third-order valence-corrected chi connectivity index (χ3v) is 8.01. The number of piperidine rings is 1. The van der Waals surface area contributed by atoms with Gasteiger partial charge in [0, 0.05) is 32.6 Å². The summed E-state index contributed by atoms with van der Waals surface area (Å²) in [4.78, 5) is 15.0. The van der Waals surface area contributed by atoms with Crippen LogP contribution in [0.3, 0.4) is 0 Å². The molecule has 2 fully saturated rings. The van der Waals surface area contributed by atoms with Crippen molar-refractivity contribution in [3.8, 4) is 0 Å². The Morgan fingerprint density at radius 3 is 2.22 bits per heavy atom. The lowest BCUT2D eigenvalue weighted by molar-refractivity contribution is -0.136. The molecule has 1 saturated heterocycles. The van der Waals surface area contributed by atoms with E-state index >= 15 is 0 Å². The summed E-state index contributed by atoms with van der Waals surface area (Å²) in [6.45, 7) is 3.63. The molecule has 0 bridgehead atoms. The summed E-state index contributed by atoms with van der Waals surface area (Å²) < 4.78 is 27.1. The first-order chi connectivity index (χ1) is 12.9. The first-order valence-corrected chi connectivity index (χ1v) is 11.6. The molecule has 1 saturated carbocycles. The summed E-state index contributed by atoms with van der Waals surface area (Å²) in [6, 6.07) is 6.98. The summed E-state index contributed by atoms with van der Waals surface area (Å²) in [7, 11) is -1.55. The molecule has 0 spiro atoms. The van der Waals surface area contributed by atoms with Gasteiger partial charge in [-0.25, -0.2) is 8.42 Å². The molecule has 1 aromatic carbocycles. The SMILES string of the molecule is Cc1ccc(S(=O)(=O)N2CCC(C(=O)N(C)CC3CCCCC3)CC2)cc1. The van der Waals surface area contributed by atoms with Crippen molar-refractivity contribution >= 4 is 15.9 Å². The van der Waals surface area contributed by atoms with E-state index in [9.17, 15) is 13.2 Å². The van der Waals surface area contributed by atoms with Crippen molar-refractivity contribution in [2.45, 2.75) is 56.8 Å². The zero-order chi connectivity index (χ0) is 19.4. The number of amides is 1. The van der Waals surface area contributed by atoms with Crippen LogP contribution in [-0.4, -0.2) is 50.2 Å². The van der Waals surface area contributed by atoms with Crippen molar-refractivity contribution in [3.05, 3.63) is 29.8 Å². The van der Waals surface area contributed by atoms with Crippen LogP contribution in [0, 0.1) is 18.8 Å². The van der Waals surface area contributed by atoms with Gasteiger partial charge < -0.3 is 4.90 Å². The lowest BCUT2D eigenvalue weighted by Gasteiger charge is -2.34. The highest BCUT2D eigenvalue weighted by Crippen LogP contribution is 2.27. The van der Waals surface area contributed by atoms with E-state index < -0.39 is 10.0 Å². The molecule has 0 unspecified atom stereocenters. The Morgan fingerprint density at radius 2 is 1.63 bits per heavy atom. The number of carbonyl (C=O) groups is 1. The Morgan fingerprint density at radius 1 is 1.04 bits per heavy atom. The molecule has 1 aromatic rings. The van der Waals surface area contributed by atoms with Crippen molar-refractivity contribution in [3.63, 3.8) is 0 Å². The maximum Gasteiger partial charge on any atom is 0.243 e. The number of hydrogen-bond donors (Lipinski definition) is 0. The Bertz CT molecular complexity index is 731. The van der Waals surface area contributed by atoms with E-state index in [0.29, 0.717) is 36.7 Å². The van der Waals surface area contributed by atoms with E-state index in [0.717, 1.165) is 12.1 Å². The van der Waals surface area contributed by atoms with Gasteiger partial charge in [-0.1, -0.05) is 37.0 Å². The predicted octanol–water partition coefficient (Wildman–Crippen LogP) is 3.43. The first-order valence-electron chi connectivity index (χ1n) is 10.2. The minimum Gasteiger partial charge on any atom is -0.345 e. The average Bonchev–Trinajstić information content (AvgIpc) is 2.68. The van der Waals surface area contributed by atoms with Crippen molar-refractivity contribution < 1.29 is 13.2 Å². The van der Waals surface area contributed by atoms with Gasteiger partial charge in [-0.3, -0.25) is 4.79 Å².